The van der Waals surface area contributed by atoms with Crippen LogP contribution in [0.15, 0.2) is 42.5 Å². The van der Waals surface area contributed by atoms with Crippen molar-refractivity contribution in [2.24, 2.45) is 11.3 Å². The van der Waals surface area contributed by atoms with E-state index in [1.165, 1.54) is 31.2 Å². The second-order valence-corrected chi connectivity index (χ2v) is 6.11. The fourth-order valence-electron chi connectivity index (χ4n) is 3.08. The van der Waals surface area contributed by atoms with E-state index in [9.17, 15) is 0 Å². The highest BCUT2D eigenvalue weighted by molar-refractivity contribution is 5.97. The van der Waals surface area contributed by atoms with Crippen LogP contribution in [-0.2, 0) is 10.8 Å². The van der Waals surface area contributed by atoms with Crippen LogP contribution in [0.2, 0.25) is 0 Å². The van der Waals surface area contributed by atoms with Crippen molar-refractivity contribution >= 4 is 10.5 Å². The molecule has 2 aliphatic rings. The maximum Gasteiger partial charge on any atom is 0.145 e. The van der Waals surface area contributed by atoms with E-state index in [0.717, 1.165) is 16.4 Å². The minimum absolute atomic E-state index is 0.534. The number of benzene rings is 1. The third-order valence-corrected chi connectivity index (χ3v) is 3.80. The van der Waals surface area contributed by atoms with Gasteiger partial charge in [-0.2, -0.15) is 0 Å². The van der Waals surface area contributed by atoms with Crippen molar-refractivity contribution < 1.29 is 4.43 Å². The van der Waals surface area contributed by atoms with E-state index in [1.54, 1.807) is 7.11 Å². The van der Waals surface area contributed by atoms with Crippen molar-refractivity contribution in [2.45, 2.75) is 25.7 Å². The van der Waals surface area contributed by atoms with Crippen LogP contribution in [0.4, 0.5) is 0 Å². The normalized spacial score (nSPS) is 29.1. The Morgan fingerprint density at radius 2 is 2.06 bits per heavy atom. The third kappa shape index (κ3) is 3.08. The van der Waals surface area contributed by atoms with Crippen molar-refractivity contribution in [3.8, 4) is 0 Å². The monoisotopic (exact) mass is 246 g/mol. The summed E-state index contributed by atoms with van der Waals surface area (Å²) in [6, 6.07) is 10.9. The summed E-state index contributed by atoms with van der Waals surface area (Å²) >= 11 is 0. The van der Waals surface area contributed by atoms with E-state index in [4.69, 9.17) is 0 Å². The molecule has 1 aromatic carbocycles. The van der Waals surface area contributed by atoms with Gasteiger partial charge in [-0.15, -0.1) is 0 Å². The number of allylic oxidation sites excluding steroid dienone is 2. The molecule has 0 N–H and O–H groups in total. The molecule has 0 spiro atoms. The van der Waals surface area contributed by atoms with Crippen molar-refractivity contribution in [1.29, 1.82) is 0 Å². The quantitative estimate of drug-likeness (QED) is 0.575. The largest absolute Gasteiger partial charge is 0.431 e. The van der Waals surface area contributed by atoms with Crippen LogP contribution >= 0.6 is 0 Å². The molecule has 0 aliphatic heterocycles. The molecule has 0 amide bonds. The average molecular weight is 246 g/mol. The highest BCUT2D eigenvalue weighted by Gasteiger charge is 2.40. The van der Waals surface area contributed by atoms with E-state index in [-0.39, 0.29) is 0 Å². The third-order valence-electron chi connectivity index (χ3n) is 3.80. The van der Waals surface area contributed by atoms with E-state index in [1.807, 2.05) is 0 Å². The molecule has 1 saturated carbocycles. The summed E-state index contributed by atoms with van der Waals surface area (Å²) in [7, 11) is 2.56. The molecule has 92 valence electrons. The van der Waals surface area contributed by atoms with Gasteiger partial charge in [-0.05, 0) is 42.6 Å². The molecule has 2 bridgehead atoms. The highest BCUT2D eigenvalue weighted by Crippen LogP contribution is 2.50. The molecular weight excluding hydrogens is 224 g/mol. The van der Waals surface area contributed by atoms with Crippen molar-refractivity contribution in [3.63, 3.8) is 0 Å². The predicted molar refractivity (Wildman–Crippen MR) is 76.0 cm³/mol. The summed E-state index contributed by atoms with van der Waals surface area (Å²) in [4.78, 5) is 0. The van der Waals surface area contributed by atoms with E-state index < -0.39 is 0 Å². The number of fused-ring (bicyclic) bond motifs is 2. The first kappa shape index (κ1) is 12.6. The Hall–Kier alpha value is -0.863. The summed E-state index contributed by atoms with van der Waals surface area (Å²) in [6.07, 6.45) is 10.4. The fourth-order valence-corrected chi connectivity index (χ4v) is 3.08. The Balaban J connectivity index is 0.000000329. The topological polar surface area (TPSA) is 9.23 Å². The molecule has 0 radical (unpaired) electrons. The molecule has 2 heteroatoms. The minimum Gasteiger partial charge on any atom is -0.431 e. The zero-order valence-electron chi connectivity index (χ0n) is 10.9. The molecule has 0 heterocycles. The van der Waals surface area contributed by atoms with Gasteiger partial charge >= 0.3 is 0 Å². The van der Waals surface area contributed by atoms with E-state index in [2.05, 4.69) is 46.9 Å². The maximum atomic E-state index is 4.39. The molecule has 1 fully saturated rings. The highest BCUT2D eigenvalue weighted by atomic mass is 28.2. The maximum absolute atomic E-state index is 4.39. The smallest absolute Gasteiger partial charge is 0.145 e. The molecule has 1 aromatic rings. The van der Waals surface area contributed by atoms with Crippen LogP contribution < -0.4 is 0 Å². The molecule has 1 nitrogen and oxygen atoms in total. The van der Waals surface area contributed by atoms with Gasteiger partial charge in [0.05, 0.1) is 0 Å². The standard InChI is InChI=1S/C14H16.CH6OSi/c1-2-4-12(5-3-1)10-14-8-6-13(11-14)7-9-14;1-2-3/h1-6,8,13H,7,9-11H2;1,3H3. The lowest BCUT2D eigenvalue weighted by atomic mass is 9.81. The lowest BCUT2D eigenvalue weighted by molar-refractivity contribution is 0.401. The van der Waals surface area contributed by atoms with Gasteiger partial charge in [0.25, 0.3) is 0 Å². The summed E-state index contributed by atoms with van der Waals surface area (Å²) in [5.74, 6) is 0.902. The first-order chi connectivity index (χ1) is 8.28. The second-order valence-electron chi connectivity index (χ2n) is 5.29. The summed E-state index contributed by atoms with van der Waals surface area (Å²) < 4.78 is 4.39. The van der Waals surface area contributed by atoms with Gasteiger partial charge in [-0.25, -0.2) is 0 Å². The minimum atomic E-state index is 0.534. The van der Waals surface area contributed by atoms with E-state index >= 15 is 0 Å². The van der Waals surface area contributed by atoms with Gasteiger partial charge < -0.3 is 4.43 Å². The van der Waals surface area contributed by atoms with Crippen LogP contribution in [-0.4, -0.2) is 17.6 Å². The molecule has 3 rings (SSSR count). The Kier molecular flexibility index (Phi) is 4.19. The van der Waals surface area contributed by atoms with Crippen LogP contribution in [0.5, 0.6) is 0 Å². The molecule has 0 saturated heterocycles. The van der Waals surface area contributed by atoms with Gasteiger partial charge in [0.1, 0.15) is 10.5 Å². The second kappa shape index (κ2) is 5.65. The number of rotatable bonds is 2. The summed E-state index contributed by atoms with van der Waals surface area (Å²) in [5, 5.41) is 0. The Morgan fingerprint density at radius 1 is 1.35 bits per heavy atom. The summed E-state index contributed by atoms with van der Waals surface area (Å²) in [5.41, 5.74) is 2.03. The fraction of sp³-hybridized carbons (Fsp3) is 0.467. The van der Waals surface area contributed by atoms with Crippen LogP contribution in [0.1, 0.15) is 24.8 Å². The van der Waals surface area contributed by atoms with Crippen LogP contribution in [0.3, 0.4) is 0 Å². The lowest BCUT2D eigenvalue weighted by Gasteiger charge is -2.23. The first-order valence-electron chi connectivity index (χ1n) is 6.41. The van der Waals surface area contributed by atoms with Gasteiger partial charge in [-0.3, -0.25) is 0 Å². The van der Waals surface area contributed by atoms with Gasteiger partial charge in [0, 0.05) is 7.11 Å². The first-order valence-corrected chi connectivity index (χ1v) is 7.23. The molecular formula is C15H22OSi. The Bertz CT molecular complexity index is 374. The van der Waals surface area contributed by atoms with Crippen LogP contribution in [0.25, 0.3) is 0 Å². The van der Waals surface area contributed by atoms with E-state index in [0.29, 0.717) is 5.41 Å². The molecule has 17 heavy (non-hydrogen) atoms. The van der Waals surface area contributed by atoms with Crippen LogP contribution in [0, 0.1) is 11.3 Å². The van der Waals surface area contributed by atoms with Gasteiger partial charge in [-0.1, -0.05) is 42.5 Å². The average Bonchev–Trinajstić information content (AvgIpc) is 2.91. The zero-order valence-corrected chi connectivity index (χ0v) is 12.9. The molecule has 2 unspecified atom stereocenters. The van der Waals surface area contributed by atoms with Crippen molar-refractivity contribution in [1.82, 2.24) is 0 Å². The molecule has 0 aromatic heterocycles. The summed E-state index contributed by atoms with van der Waals surface area (Å²) in [6.45, 7) is 0. The van der Waals surface area contributed by atoms with Gasteiger partial charge in [0.2, 0.25) is 0 Å². The number of hydrogen-bond donors (Lipinski definition) is 0. The Labute approximate surface area is 107 Å². The van der Waals surface area contributed by atoms with Gasteiger partial charge in [0.15, 0.2) is 0 Å². The number of hydrogen-bond acceptors (Lipinski definition) is 1. The SMILES string of the molecule is C1=CC2(Cc3ccccc3)CCC1C2.CO[SiH3]. The lowest BCUT2D eigenvalue weighted by Crippen LogP contribution is -2.14. The molecule has 2 aliphatic carbocycles. The van der Waals surface area contributed by atoms with Crippen molar-refractivity contribution in [3.05, 3.63) is 48.0 Å². The van der Waals surface area contributed by atoms with Crippen molar-refractivity contribution in [2.75, 3.05) is 7.11 Å². The zero-order chi connectivity index (χ0) is 12.1. The molecule has 2 atom stereocenters. The Morgan fingerprint density at radius 3 is 2.53 bits per heavy atom. The predicted octanol–water partition coefficient (Wildman–Crippen LogP) is 2.50.